The highest BCUT2D eigenvalue weighted by Crippen LogP contribution is 2.22. The van der Waals surface area contributed by atoms with Crippen molar-refractivity contribution >= 4 is 6.09 Å². The maximum Gasteiger partial charge on any atom is 0.410 e. The van der Waals surface area contributed by atoms with E-state index in [4.69, 9.17) is 4.74 Å². The lowest BCUT2D eigenvalue weighted by Gasteiger charge is -2.24. The van der Waals surface area contributed by atoms with Crippen LogP contribution >= 0.6 is 0 Å². The summed E-state index contributed by atoms with van der Waals surface area (Å²) in [4.78, 5) is 22.8. The highest BCUT2D eigenvalue weighted by molar-refractivity contribution is 5.68. The average Bonchev–Trinajstić information content (AvgIpc) is 2.80. The highest BCUT2D eigenvalue weighted by Gasteiger charge is 2.30. The minimum Gasteiger partial charge on any atom is -0.444 e. The van der Waals surface area contributed by atoms with Gasteiger partial charge in [0.15, 0.2) is 0 Å². The lowest BCUT2D eigenvalue weighted by Crippen LogP contribution is -2.35. The van der Waals surface area contributed by atoms with Gasteiger partial charge in [-0.2, -0.15) is 0 Å². The fourth-order valence-electron chi connectivity index (χ4n) is 2.48. The molecule has 2 rings (SSSR count). The van der Waals surface area contributed by atoms with Crippen LogP contribution in [0.1, 0.15) is 44.3 Å². The Hall–Kier alpha value is -1.65. The van der Waals surface area contributed by atoms with Crippen molar-refractivity contribution in [1.82, 2.24) is 14.9 Å². The fraction of sp³-hybridized carbons (Fsp3) is 0.688. The lowest BCUT2D eigenvalue weighted by atomic mass is 10.0. The molecule has 0 aliphatic carbocycles. The topological polar surface area (TPSA) is 55.3 Å². The number of hydrogen-bond acceptors (Lipinski definition) is 4. The van der Waals surface area contributed by atoms with Gasteiger partial charge in [-0.15, -0.1) is 0 Å². The van der Waals surface area contributed by atoms with Crippen molar-refractivity contribution in [2.75, 3.05) is 13.1 Å². The molecule has 0 saturated carbocycles. The van der Waals surface area contributed by atoms with E-state index in [0.29, 0.717) is 5.92 Å². The largest absolute Gasteiger partial charge is 0.444 e. The van der Waals surface area contributed by atoms with E-state index in [1.54, 1.807) is 4.90 Å². The van der Waals surface area contributed by atoms with E-state index in [-0.39, 0.29) is 6.09 Å². The summed E-state index contributed by atoms with van der Waals surface area (Å²) in [6.07, 6.45) is 3.50. The Kier molecular flexibility index (Phi) is 4.49. The molecule has 0 radical (unpaired) electrons. The number of aryl methyl sites for hydroxylation is 2. The predicted octanol–water partition coefficient (Wildman–Crippen LogP) is 2.89. The first-order valence-corrected chi connectivity index (χ1v) is 7.51. The molecule has 0 aromatic carbocycles. The monoisotopic (exact) mass is 291 g/mol. The highest BCUT2D eigenvalue weighted by atomic mass is 16.6. The number of amides is 1. The summed E-state index contributed by atoms with van der Waals surface area (Å²) in [5.41, 5.74) is 2.53. The molecule has 1 aromatic heterocycles. The predicted molar refractivity (Wildman–Crippen MR) is 81.1 cm³/mol. The van der Waals surface area contributed by atoms with Crippen molar-refractivity contribution in [1.29, 1.82) is 0 Å². The average molecular weight is 291 g/mol. The summed E-state index contributed by atoms with van der Waals surface area (Å²) in [6.45, 7) is 11.1. The van der Waals surface area contributed by atoms with Crippen molar-refractivity contribution in [3.63, 3.8) is 0 Å². The second-order valence-corrected chi connectivity index (χ2v) is 6.82. The van der Waals surface area contributed by atoms with Crippen LogP contribution in [0.15, 0.2) is 6.20 Å². The number of carbonyl (C=O) groups is 1. The number of carbonyl (C=O) groups excluding carboxylic acids is 1. The van der Waals surface area contributed by atoms with E-state index in [9.17, 15) is 4.79 Å². The van der Waals surface area contributed by atoms with E-state index < -0.39 is 5.60 Å². The third-order valence-electron chi connectivity index (χ3n) is 3.68. The van der Waals surface area contributed by atoms with E-state index in [0.717, 1.165) is 43.0 Å². The van der Waals surface area contributed by atoms with Gasteiger partial charge >= 0.3 is 6.09 Å². The maximum absolute atomic E-state index is 12.0. The van der Waals surface area contributed by atoms with Crippen LogP contribution in [0.5, 0.6) is 0 Å². The Morgan fingerprint density at radius 2 is 2.10 bits per heavy atom. The quantitative estimate of drug-likeness (QED) is 0.840. The molecule has 1 saturated heterocycles. The van der Waals surface area contributed by atoms with Crippen LogP contribution in [0.3, 0.4) is 0 Å². The van der Waals surface area contributed by atoms with Crippen LogP contribution in [0.25, 0.3) is 0 Å². The molecule has 5 nitrogen and oxygen atoms in total. The molecule has 1 unspecified atom stereocenters. The molecule has 2 heterocycles. The first kappa shape index (κ1) is 15.7. The van der Waals surface area contributed by atoms with Crippen molar-refractivity contribution in [2.24, 2.45) is 5.92 Å². The zero-order chi connectivity index (χ0) is 15.6. The molecule has 21 heavy (non-hydrogen) atoms. The summed E-state index contributed by atoms with van der Waals surface area (Å²) in [5.74, 6) is 0.439. The molecule has 1 aliphatic rings. The van der Waals surface area contributed by atoms with Crippen LogP contribution in [0.2, 0.25) is 0 Å². The van der Waals surface area contributed by atoms with Gasteiger partial charge < -0.3 is 9.64 Å². The molecule has 0 spiro atoms. The number of likely N-dealkylation sites (tertiary alicyclic amines) is 1. The second-order valence-electron chi connectivity index (χ2n) is 6.82. The Morgan fingerprint density at radius 1 is 1.38 bits per heavy atom. The number of nitrogens with zero attached hydrogens (tertiary/aromatic N) is 3. The van der Waals surface area contributed by atoms with Gasteiger partial charge in [0.05, 0.1) is 17.1 Å². The zero-order valence-corrected chi connectivity index (χ0v) is 13.6. The molecule has 0 N–H and O–H groups in total. The zero-order valence-electron chi connectivity index (χ0n) is 13.6. The Morgan fingerprint density at radius 3 is 2.71 bits per heavy atom. The molecular weight excluding hydrogens is 266 g/mol. The van der Waals surface area contributed by atoms with Gasteiger partial charge in [-0.25, -0.2) is 4.79 Å². The molecule has 5 heteroatoms. The van der Waals surface area contributed by atoms with E-state index >= 15 is 0 Å². The van der Waals surface area contributed by atoms with Crippen molar-refractivity contribution in [3.05, 3.63) is 23.3 Å². The number of aromatic nitrogens is 2. The van der Waals surface area contributed by atoms with Crippen molar-refractivity contribution < 1.29 is 9.53 Å². The summed E-state index contributed by atoms with van der Waals surface area (Å²) in [5, 5.41) is 0. The third kappa shape index (κ3) is 4.41. The minimum absolute atomic E-state index is 0.212. The minimum atomic E-state index is -0.436. The smallest absolute Gasteiger partial charge is 0.410 e. The molecule has 1 atom stereocenters. The first-order chi connectivity index (χ1) is 9.74. The van der Waals surface area contributed by atoms with Crippen LogP contribution in [0, 0.1) is 19.8 Å². The Balaban J connectivity index is 1.90. The molecule has 1 amide bonds. The number of ether oxygens (including phenoxy) is 1. The van der Waals surface area contributed by atoms with Gasteiger partial charge in [-0.05, 0) is 53.4 Å². The summed E-state index contributed by atoms with van der Waals surface area (Å²) >= 11 is 0. The molecule has 0 bridgehead atoms. The molecule has 116 valence electrons. The SMILES string of the molecule is Cc1ncc(CC2CCN(C(=O)OC(C)(C)C)C2)nc1C. The second kappa shape index (κ2) is 6.00. The van der Waals surface area contributed by atoms with Crippen LogP contribution in [-0.4, -0.2) is 39.7 Å². The number of hydrogen-bond donors (Lipinski definition) is 0. The van der Waals surface area contributed by atoms with E-state index in [2.05, 4.69) is 9.97 Å². The Labute approximate surface area is 126 Å². The van der Waals surface area contributed by atoms with Gasteiger partial charge in [0, 0.05) is 19.3 Å². The lowest BCUT2D eigenvalue weighted by molar-refractivity contribution is 0.0288. The molecule has 1 fully saturated rings. The molecule has 1 aliphatic heterocycles. The van der Waals surface area contributed by atoms with Crippen molar-refractivity contribution in [3.8, 4) is 0 Å². The number of rotatable bonds is 2. The standard InChI is InChI=1S/C16H25N3O2/c1-11-12(2)18-14(9-17-11)8-13-6-7-19(10-13)15(20)21-16(3,4)5/h9,13H,6-8,10H2,1-5H3. The van der Waals surface area contributed by atoms with Crippen LogP contribution in [0.4, 0.5) is 4.79 Å². The van der Waals surface area contributed by atoms with Gasteiger partial charge in [0.1, 0.15) is 5.60 Å². The van der Waals surface area contributed by atoms with Gasteiger partial charge in [0.2, 0.25) is 0 Å². The summed E-state index contributed by atoms with van der Waals surface area (Å²) < 4.78 is 5.41. The van der Waals surface area contributed by atoms with Gasteiger partial charge in [-0.1, -0.05) is 0 Å². The van der Waals surface area contributed by atoms with Gasteiger partial charge in [-0.3, -0.25) is 9.97 Å². The molecular formula is C16H25N3O2. The first-order valence-electron chi connectivity index (χ1n) is 7.51. The fourth-order valence-corrected chi connectivity index (χ4v) is 2.48. The Bertz CT molecular complexity index is 523. The maximum atomic E-state index is 12.0. The molecule has 1 aromatic rings. The summed E-state index contributed by atoms with van der Waals surface area (Å²) in [6, 6.07) is 0. The summed E-state index contributed by atoms with van der Waals surface area (Å²) in [7, 11) is 0. The third-order valence-corrected chi connectivity index (χ3v) is 3.68. The van der Waals surface area contributed by atoms with Crippen molar-refractivity contribution in [2.45, 2.75) is 53.1 Å². The van der Waals surface area contributed by atoms with E-state index in [1.165, 1.54) is 0 Å². The van der Waals surface area contributed by atoms with E-state index in [1.807, 2.05) is 40.8 Å². The normalized spacial score (nSPS) is 18.9. The van der Waals surface area contributed by atoms with Crippen LogP contribution in [-0.2, 0) is 11.2 Å². The van der Waals surface area contributed by atoms with Crippen LogP contribution < -0.4 is 0 Å². The van der Waals surface area contributed by atoms with Gasteiger partial charge in [0.25, 0.3) is 0 Å².